The molecule has 0 bridgehead atoms. The third-order valence-electron chi connectivity index (χ3n) is 12.6. The summed E-state index contributed by atoms with van der Waals surface area (Å²) in [5.74, 6) is -0.944. The molecule has 0 aromatic heterocycles. The smallest absolute Gasteiger partial charge is 0.306 e. The van der Waals surface area contributed by atoms with Crippen LogP contribution in [0.3, 0.4) is 0 Å². The highest BCUT2D eigenvalue weighted by molar-refractivity contribution is 5.71. The topological polar surface area (TPSA) is 78.9 Å². The van der Waals surface area contributed by atoms with E-state index in [0.29, 0.717) is 19.3 Å². The molecular formula is C70H112O6. The second-order valence-corrected chi connectivity index (χ2v) is 19.9. The van der Waals surface area contributed by atoms with Crippen molar-refractivity contribution in [3.05, 3.63) is 146 Å². The third kappa shape index (κ3) is 60.2. The van der Waals surface area contributed by atoms with Crippen molar-refractivity contribution in [3.8, 4) is 0 Å². The van der Waals surface area contributed by atoms with Crippen molar-refractivity contribution in [1.82, 2.24) is 0 Å². The summed E-state index contributed by atoms with van der Waals surface area (Å²) in [5.41, 5.74) is 0. The summed E-state index contributed by atoms with van der Waals surface area (Å²) in [5, 5.41) is 0. The average Bonchev–Trinajstić information content (AvgIpc) is 3.42. The number of hydrogen-bond donors (Lipinski definition) is 0. The van der Waals surface area contributed by atoms with Gasteiger partial charge in [-0.05, 0) is 128 Å². The Morgan fingerprint density at radius 2 is 0.513 bits per heavy atom. The molecule has 0 radical (unpaired) electrons. The van der Waals surface area contributed by atoms with Crippen LogP contribution >= 0.6 is 0 Å². The molecule has 0 saturated heterocycles. The van der Waals surface area contributed by atoms with Gasteiger partial charge in [-0.3, -0.25) is 14.4 Å². The zero-order valence-corrected chi connectivity index (χ0v) is 49.0. The Hall–Kier alpha value is -4.71. The quantitative estimate of drug-likeness (QED) is 0.0261. The Bertz CT molecular complexity index is 1680. The van der Waals surface area contributed by atoms with Crippen molar-refractivity contribution in [3.63, 3.8) is 0 Å². The summed E-state index contributed by atoms with van der Waals surface area (Å²) < 4.78 is 16.8. The normalized spacial score (nSPS) is 13.1. The first-order valence-corrected chi connectivity index (χ1v) is 30.8. The van der Waals surface area contributed by atoms with E-state index in [9.17, 15) is 14.4 Å². The van der Waals surface area contributed by atoms with Crippen molar-refractivity contribution in [2.45, 2.75) is 264 Å². The van der Waals surface area contributed by atoms with Gasteiger partial charge in [-0.25, -0.2) is 0 Å². The molecule has 0 aliphatic heterocycles. The van der Waals surface area contributed by atoms with Crippen LogP contribution in [-0.2, 0) is 28.6 Å². The third-order valence-corrected chi connectivity index (χ3v) is 12.6. The number of carbonyl (C=O) groups is 3. The first-order valence-electron chi connectivity index (χ1n) is 30.8. The second-order valence-electron chi connectivity index (χ2n) is 19.9. The maximum Gasteiger partial charge on any atom is 0.306 e. The van der Waals surface area contributed by atoms with Crippen molar-refractivity contribution < 1.29 is 28.6 Å². The van der Waals surface area contributed by atoms with Gasteiger partial charge in [-0.1, -0.05) is 256 Å². The Morgan fingerprint density at radius 1 is 0.276 bits per heavy atom. The highest BCUT2D eigenvalue weighted by Gasteiger charge is 2.19. The SMILES string of the molecule is CC/C=C\C/C=C\C/C=C\C/C=C\C/C=C\C/C=C\C/C=C\C/C=C\C/C=C\C/C=C\CCCCCCC(=O)OCC(COC(=O)CCCCCCCCCC)OC(=O)CCCCCCC/C=C\C/C=C\CCCCC. The van der Waals surface area contributed by atoms with Crippen molar-refractivity contribution in [1.29, 1.82) is 0 Å². The Balaban J connectivity index is 4.24. The van der Waals surface area contributed by atoms with Crippen LogP contribution < -0.4 is 0 Å². The summed E-state index contributed by atoms with van der Waals surface area (Å²) in [6, 6.07) is 0. The molecule has 0 fully saturated rings. The molecule has 0 aromatic rings. The molecule has 0 amide bonds. The van der Waals surface area contributed by atoms with Crippen LogP contribution in [0.5, 0.6) is 0 Å². The highest BCUT2D eigenvalue weighted by Crippen LogP contribution is 2.13. The van der Waals surface area contributed by atoms with Crippen LogP contribution in [0.2, 0.25) is 0 Å². The lowest BCUT2D eigenvalue weighted by Gasteiger charge is -2.18. The number of esters is 3. The van der Waals surface area contributed by atoms with E-state index in [1.165, 1.54) is 57.8 Å². The Kier molecular flexibility index (Phi) is 58.9. The largest absolute Gasteiger partial charge is 0.462 e. The monoisotopic (exact) mass is 1050 g/mol. The van der Waals surface area contributed by atoms with Gasteiger partial charge in [0.15, 0.2) is 6.10 Å². The molecule has 0 spiro atoms. The van der Waals surface area contributed by atoms with Crippen molar-refractivity contribution in [2.75, 3.05) is 13.2 Å². The Morgan fingerprint density at radius 3 is 0.829 bits per heavy atom. The van der Waals surface area contributed by atoms with Crippen LogP contribution in [0.4, 0.5) is 0 Å². The molecule has 1 unspecified atom stereocenters. The van der Waals surface area contributed by atoms with E-state index in [4.69, 9.17) is 14.2 Å². The highest BCUT2D eigenvalue weighted by atomic mass is 16.6. The van der Waals surface area contributed by atoms with Gasteiger partial charge < -0.3 is 14.2 Å². The zero-order valence-electron chi connectivity index (χ0n) is 49.0. The lowest BCUT2D eigenvalue weighted by molar-refractivity contribution is -0.167. The molecule has 0 rings (SSSR count). The molecule has 6 nitrogen and oxygen atoms in total. The van der Waals surface area contributed by atoms with Crippen LogP contribution in [0.1, 0.15) is 258 Å². The maximum atomic E-state index is 12.8. The molecule has 1 atom stereocenters. The summed E-state index contributed by atoms with van der Waals surface area (Å²) >= 11 is 0. The van der Waals surface area contributed by atoms with Gasteiger partial charge in [0.25, 0.3) is 0 Å². The first-order chi connectivity index (χ1) is 37.5. The number of carbonyl (C=O) groups excluding carboxylic acids is 3. The van der Waals surface area contributed by atoms with E-state index in [1.54, 1.807) is 0 Å². The van der Waals surface area contributed by atoms with Gasteiger partial charge in [0.2, 0.25) is 0 Å². The molecular weight excluding hydrogens is 937 g/mol. The molecule has 0 N–H and O–H groups in total. The van der Waals surface area contributed by atoms with Crippen LogP contribution in [0.15, 0.2) is 146 Å². The number of allylic oxidation sites excluding steroid dienone is 24. The van der Waals surface area contributed by atoms with Gasteiger partial charge in [0, 0.05) is 19.3 Å². The Labute approximate surface area is 467 Å². The number of ether oxygens (including phenoxy) is 3. The minimum absolute atomic E-state index is 0.0947. The molecule has 0 saturated carbocycles. The van der Waals surface area contributed by atoms with Crippen molar-refractivity contribution in [2.24, 2.45) is 0 Å². The average molecular weight is 1050 g/mol. The fraction of sp³-hybridized carbons (Fsp3) is 0.614. The second kappa shape index (κ2) is 62.8. The van der Waals surface area contributed by atoms with Gasteiger partial charge in [0.05, 0.1) is 0 Å². The molecule has 0 heterocycles. The number of rotatable bonds is 54. The predicted molar refractivity (Wildman–Crippen MR) is 329 cm³/mol. The lowest BCUT2D eigenvalue weighted by Crippen LogP contribution is -2.30. The number of hydrogen-bond acceptors (Lipinski definition) is 6. The lowest BCUT2D eigenvalue weighted by atomic mass is 10.1. The molecule has 0 aromatic carbocycles. The predicted octanol–water partition coefficient (Wildman–Crippen LogP) is 21.2. The maximum absolute atomic E-state index is 12.8. The molecule has 428 valence electrons. The molecule has 0 aliphatic carbocycles. The number of unbranched alkanes of at least 4 members (excludes halogenated alkanes) is 19. The minimum Gasteiger partial charge on any atom is -0.462 e. The van der Waals surface area contributed by atoms with Crippen molar-refractivity contribution >= 4 is 17.9 Å². The van der Waals surface area contributed by atoms with E-state index in [2.05, 4.69) is 167 Å². The van der Waals surface area contributed by atoms with E-state index in [1.807, 2.05) is 0 Å². The van der Waals surface area contributed by atoms with E-state index >= 15 is 0 Å². The summed E-state index contributed by atoms with van der Waals surface area (Å²) in [7, 11) is 0. The van der Waals surface area contributed by atoms with Crippen LogP contribution in [0, 0.1) is 0 Å². The van der Waals surface area contributed by atoms with E-state index in [0.717, 1.165) is 161 Å². The van der Waals surface area contributed by atoms with Gasteiger partial charge in [0.1, 0.15) is 13.2 Å². The van der Waals surface area contributed by atoms with Crippen LogP contribution in [-0.4, -0.2) is 37.2 Å². The molecule has 6 heteroatoms. The van der Waals surface area contributed by atoms with Crippen LogP contribution in [0.25, 0.3) is 0 Å². The van der Waals surface area contributed by atoms with Gasteiger partial charge >= 0.3 is 17.9 Å². The van der Waals surface area contributed by atoms with E-state index in [-0.39, 0.29) is 31.1 Å². The summed E-state index contributed by atoms with van der Waals surface area (Å²) in [6.45, 7) is 6.42. The minimum atomic E-state index is -0.798. The molecule has 0 aliphatic rings. The zero-order chi connectivity index (χ0) is 55.0. The fourth-order valence-corrected chi connectivity index (χ4v) is 7.97. The molecule has 76 heavy (non-hydrogen) atoms. The standard InChI is InChI=1S/C70H112O6/c1-4-7-10-13-16-19-21-23-25-26-27-28-29-30-31-32-33-34-35-36-37-38-39-40-41-42-43-44-46-47-49-51-54-57-60-63-69(72)75-66-67(65-74-68(71)62-59-56-53-18-15-12-9-6-3)76-70(73)64-61-58-55-52-50-48-45-24-22-20-17-14-11-8-5-2/h7,10,16-17,19-20,23-25,27-28,30-31,33-34,36-37,39-40,42-43,45-47,67H,4-6,8-9,11-15,18,21-22,26,29,32,35,38,41,44,48-66H2,1-3H3/b10-7-,19-16-,20-17-,25-23-,28-27-,31-30-,34-33-,37-36-,40-39-,43-42-,45-24-,47-46-. The van der Waals surface area contributed by atoms with E-state index < -0.39 is 6.10 Å². The van der Waals surface area contributed by atoms with Gasteiger partial charge in [-0.2, -0.15) is 0 Å². The first kappa shape index (κ1) is 71.3. The summed E-state index contributed by atoms with van der Waals surface area (Å²) in [6.07, 6.45) is 90.1. The fourth-order valence-electron chi connectivity index (χ4n) is 7.97. The van der Waals surface area contributed by atoms with Gasteiger partial charge in [-0.15, -0.1) is 0 Å². The summed E-state index contributed by atoms with van der Waals surface area (Å²) in [4.78, 5) is 38.0.